The van der Waals surface area contributed by atoms with Gasteiger partial charge in [0.15, 0.2) is 0 Å². The summed E-state index contributed by atoms with van der Waals surface area (Å²) in [5.74, 6) is 0.485. The molecule has 2 N–H and O–H groups in total. The van der Waals surface area contributed by atoms with Gasteiger partial charge in [-0.25, -0.2) is 9.78 Å². The number of halogens is 1. The van der Waals surface area contributed by atoms with Crippen molar-refractivity contribution in [3.05, 3.63) is 16.0 Å². The Bertz CT molecular complexity index is 768. The van der Waals surface area contributed by atoms with Crippen molar-refractivity contribution in [2.24, 2.45) is 0 Å². The summed E-state index contributed by atoms with van der Waals surface area (Å²) in [6.45, 7) is 7.00. The molecule has 0 radical (unpaired) electrons. The summed E-state index contributed by atoms with van der Waals surface area (Å²) in [4.78, 5) is 18.4. The van der Waals surface area contributed by atoms with Crippen molar-refractivity contribution in [3.63, 3.8) is 0 Å². The highest BCUT2D eigenvalue weighted by atomic mass is 127. The van der Waals surface area contributed by atoms with Crippen molar-refractivity contribution in [1.29, 1.82) is 0 Å². The van der Waals surface area contributed by atoms with E-state index in [-0.39, 0.29) is 12.1 Å². The fourth-order valence-corrected chi connectivity index (χ4v) is 3.84. The summed E-state index contributed by atoms with van der Waals surface area (Å²) in [6, 6.07) is 1.99. The molecule has 1 atom stereocenters. The standard InChI is InChI=1S/C16H22IN5O2/c1-16(2,3)24-15(23)21-8-4-5-10(21)9-22-11-6-7-19-14(18)12(11)13(17)20-22/h6-7,10H,4-5,8-9H2,1-3H3,(H2,18,19)/t10-/m0/s1. The fourth-order valence-electron chi connectivity index (χ4n) is 3.03. The minimum atomic E-state index is -0.488. The molecule has 8 heteroatoms. The zero-order valence-electron chi connectivity index (χ0n) is 14.1. The summed E-state index contributed by atoms with van der Waals surface area (Å²) < 4.78 is 8.28. The first-order chi connectivity index (χ1) is 11.3. The second-order valence-electron chi connectivity index (χ2n) is 7.03. The number of likely N-dealkylation sites (tertiary alicyclic amines) is 1. The zero-order chi connectivity index (χ0) is 17.5. The van der Waals surface area contributed by atoms with Crippen molar-refractivity contribution in [2.75, 3.05) is 12.3 Å². The first-order valence-corrected chi connectivity index (χ1v) is 9.10. The fraction of sp³-hybridized carbons (Fsp3) is 0.562. The van der Waals surface area contributed by atoms with Crippen LogP contribution < -0.4 is 5.73 Å². The number of fused-ring (bicyclic) bond motifs is 1. The van der Waals surface area contributed by atoms with E-state index in [4.69, 9.17) is 10.5 Å². The monoisotopic (exact) mass is 443 g/mol. The summed E-state index contributed by atoms with van der Waals surface area (Å²) in [6.07, 6.45) is 3.35. The molecular weight excluding hydrogens is 421 g/mol. The average molecular weight is 443 g/mol. The van der Waals surface area contributed by atoms with Crippen LogP contribution >= 0.6 is 22.6 Å². The summed E-state index contributed by atoms with van der Waals surface area (Å²) in [5.41, 5.74) is 6.43. The highest BCUT2D eigenvalue weighted by Gasteiger charge is 2.33. The Morgan fingerprint density at radius 3 is 2.96 bits per heavy atom. The normalized spacial score (nSPS) is 18.3. The lowest BCUT2D eigenvalue weighted by atomic mass is 10.2. The Labute approximate surface area is 154 Å². The molecule has 24 heavy (non-hydrogen) atoms. The first-order valence-electron chi connectivity index (χ1n) is 8.02. The summed E-state index contributed by atoms with van der Waals surface area (Å²) in [5, 5.41) is 5.46. The van der Waals surface area contributed by atoms with Gasteiger partial charge in [-0.2, -0.15) is 5.10 Å². The number of aromatic nitrogens is 3. The number of nitrogens with zero attached hydrogens (tertiary/aromatic N) is 4. The average Bonchev–Trinajstić information content (AvgIpc) is 3.04. The van der Waals surface area contributed by atoms with Crippen LogP contribution in [0.2, 0.25) is 0 Å². The maximum Gasteiger partial charge on any atom is 0.410 e. The molecule has 0 saturated carbocycles. The molecule has 2 aromatic rings. The van der Waals surface area contributed by atoms with E-state index >= 15 is 0 Å². The molecule has 0 spiro atoms. The third kappa shape index (κ3) is 3.42. The molecule has 130 valence electrons. The van der Waals surface area contributed by atoms with E-state index in [0.29, 0.717) is 12.4 Å². The largest absolute Gasteiger partial charge is 0.444 e. The number of carbonyl (C=O) groups excluding carboxylic acids is 1. The number of hydrogen-bond donors (Lipinski definition) is 1. The molecule has 7 nitrogen and oxygen atoms in total. The van der Waals surface area contributed by atoms with Gasteiger partial charge in [-0.15, -0.1) is 0 Å². The lowest BCUT2D eigenvalue weighted by Crippen LogP contribution is -2.41. The van der Waals surface area contributed by atoms with Crippen molar-refractivity contribution in [3.8, 4) is 0 Å². The van der Waals surface area contributed by atoms with Gasteiger partial charge in [0.2, 0.25) is 0 Å². The van der Waals surface area contributed by atoms with Gasteiger partial charge >= 0.3 is 6.09 Å². The minimum Gasteiger partial charge on any atom is -0.444 e. The Kier molecular flexibility index (Phi) is 4.58. The van der Waals surface area contributed by atoms with Gasteiger partial charge < -0.3 is 15.4 Å². The van der Waals surface area contributed by atoms with E-state index in [9.17, 15) is 4.79 Å². The van der Waals surface area contributed by atoms with E-state index in [1.54, 1.807) is 6.20 Å². The first kappa shape index (κ1) is 17.2. The van der Waals surface area contributed by atoms with Crippen LogP contribution in [0.25, 0.3) is 10.9 Å². The van der Waals surface area contributed by atoms with Gasteiger partial charge in [0, 0.05) is 12.7 Å². The van der Waals surface area contributed by atoms with E-state index in [1.807, 2.05) is 36.4 Å². The maximum atomic E-state index is 12.4. The van der Waals surface area contributed by atoms with Crippen molar-refractivity contribution in [2.45, 2.75) is 51.8 Å². The van der Waals surface area contributed by atoms with Crippen molar-refractivity contribution in [1.82, 2.24) is 19.7 Å². The number of amides is 1. The number of ether oxygens (including phenoxy) is 1. The predicted octanol–water partition coefficient (Wildman–Crippen LogP) is 3.02. The Morgan fingerprint density at radius 1 is 1.50 bits per heavy atom. The van der Waals surface area contributed by atoms with Crippen LogP contribution in [0.15, 0.2) is 12.3 Å². The van der Waals surface area contributed by atoms with Crippen LogP contribution in [0, 0.1) is 3.70 Å². The second-order valence-corrected chi connectivity index (χ2v) is 8.05. The quantitative estimate of drug-likeness (QED) is 0.722. The lowest BCUT2D eigenvalue weighted by Gasteiger charge is -2.28. The number of nitrogens with two attached hydrogens (primary N) is 1. The Morgan fingerprint density at radius 2 is 2.25 bits per heavy atom. The van der Waals surface area contributed by atoms with Gasteiger partial charge in [0.1, 0.15) is 15.1 Å². The molecule has 0 bridgehead atoms. The molecule has 1 aliphatic heterocycles. The molecule has 1 saturated heterocycles. The molecule has 1 aliphatic rings. The number of rotatable bonds is 2. The maximum absolute atomic E-state index is 12.4. The molecule has 1 amide bonds. The summed E-state index contributed by atoms with van der Waals surface area (Å²) in [7, 11) is 0. The highest BCUT2D eigenvalue weighted by molar-refractivity contribution is 14.1. The van der Waals surface area contributed by atoms with E-state index < -0.39 is 5.60 Å². The van der Waals surface area contributed by atoms with Gasteiger partial charge in [-0.3, -0.25) is 4.68 Å². The molecule has 0 aromatic carbocycles. The third-order valence-electron chi connectivity index (χ3n) is 4.04. The van der Waals surface area contributed by atoms with Crippen LogP contribution in [0.4, 0.5) is 10.6 Å². The van der Waals surface area contributed by atoms with Crippen LogP contribution in [-0.4, -0.2) is 43.9 Å². The van der Waals surface area contributed by atoms with Crippen molar-refractivity contribution >= 4 is 45.4 Å². The van der Waals surface area contributed by atoms with Crippen molar-refractivity contribution < 1.29 is 9.53 Å². The van der Waals surface area contributed by atoms with E-state index in [2.05, 4.69) is 32.7 Å². The molecule has 1 fully saturated rings. The molecule has 2 aromatic heterocycles. The zero-order valence-corrected chi connectivity index (χ0v) is 16.3. The van der Waals surface area contributed by atoms with Gasteiger partial charge in [0.25, 0.3) is 0 Å². The van der Waals surface area contributed by atoms with Crippen LogP contribution in [-0.2, 0) is 11.3 Å². The van der Waals surface area contributed by atoms with E-state index in [0.717, 1.165) is 34.0 Å². The number of nitrogen functional groups attached to an aromatic ring is 1. The number of carbonyl (C=O) groups is 1. The number of anilines is 1. The van der Waals surface area contributed by atoms with Crippen LogP contribution in [0.1, 0.15) is 33.6 Å². The second kappa shape index (κ2) is 6.38. The van der Waals surface area contributed by atoms with Crippen LogP contribution in [0.3, 0.4) is 0 Å². The van der Waals surface area contributed by atoms with Gasteiger partial charge in [-0.05, 0) is 62.3 Å². The third-order valence-corrected chi connectivity index (χ3v) is 4.80. The molecular formula is C16H22IN5O2. The minimum absolute atomic E-state index is 0.0770. The predicted molar refractivity (Wildman–Crippen MR) is 101 cm³/mol. The Balaban J connectivity index is 1.83. The number of pyridine rings is 1. The van der Waals surface area contributed by atoms with Crippen LogP contribution in [0.5, 0.6) is 0 Å². The lowest BCUT2D eigenvalue weighted by molar-refractivity contribution is 0.0212. The molecule has 3 heterocycles. The van der Waals surface area contributed by atoms with Gasteiger partial charge in [0.05, 0.1) is 23.5 Å². The Hall–Kier alpha value is -1.58. The SMILES string of the molecule is CC(C)(C)OC(=O)N1CCC[C@H]1Cn1nc(I)c2c(N)nccc21. The van der Waals surface area contributed by atoms with E-state index in [1.165, 1.54) is 0 Å². The molecule has 0 aliphatic carbocycles. The smallest absolute Gasteiger partial charge is 0.410 e. The number of hydrogen-bond acceptors (Lipinski definition) is 5. The topological polar surface area (TPSA) is 86.3 Å². The molecule has 0 unspecified atom stereocenters. The highest BCUT2D eigenvalue weighted by Crippen LogP contribution is 2.27. The summed E-state index contributed by atoms with van der Waals surface area (Å²) >= 11 is 2.17. The molecule has 3 rings (SSSR count). The van der Waals surface area contributed by atoms with Gasteiger partial charge in [-0.1, -0.05) is 0 Å².